The SMILES string of the molecule is CC(C)CN(CCC(=O)NCc1ccc2c(c1)OCO2)C(=O)c1ccoc1. The van der Waals surface area contributed by atoms with Crippen LogP contribution in [0.1, 0.15) is 36.2 Å². The molecule has 27 heavy (non-hydrogen) atoms. The standard InChI is InChI=1S/C20H24N2O5/c1-14(2)11-22(20(24)16-6-8-25-12-16)7-5-19(23)21-10-15-3-4-17-18(9-15)27-13-26-17/h3-4,6,8-9,12,14H,5,7,10-11,13H2,1-2H3,(H,21,23). The van der Waals surface area contributed by atoms with E-state index in [4.69, 9.17) is 13.9 Å². The molecule has 3 rings (SSSR count). The first-order valence-corrected chi connectivity index (χ1v) is 8.99. The van der Waals surface area contributed by atoms with Crippen molar-refractivity contribution in [1.29, 1.82) is 0 Å². The van der Waals surface area contributed by atoms with Gasteiger partial charge in [0.2, 0.25) is 12.7 Å². The lowest BCUT2D eigenvalue weighted by Gasteiger charge is -2.24. The van der Waals surface area contributed by atoms with Crippen LogP contribution in [0.25, 0.3) is 0 Å². The monoisotopic (exact) mass is 372 g/mol. The van der Waals surface area contributed by atoms with Crippen LogP contribution < -0.4 is 14.8 Å². The van der Waals surface area contributed by atoms with Gasteiger partial charge in [0.05, 0.1) is 11.8 Å². The first-order valence-electron chi connectivity index (χ1n) is 8.99. The zero-order valence-electron chi connectivity index (χ0n) is 15.6. The van der Waals surface area contributed by atoms with Gasteiger partial charge in [-0.15, -0.1) is 0 Å². The van der Waals surface area contributed by atoms with Crippen molar-refractivity contribution in [3.63, 3.8) is 0 Å². The first-order chi connectivity index (χ1) is 13.0. The minimum Gasteiger partial charge on any atom is -0.472 e. The van der Waals surface area contributed by atoms with E-state index < -0.39 is 0 Å². The highest BCUT2D eigenvalue weighted by Crippen LogP contribution is 2.32. The van der Waals surface area contributed by atoms with E-state index in [1.165, 1.54) is 12.5 Å². The van der Waals surface area contributed by atoms with E-state index in [9.17, 15) is 9.59 Å². The minimum absolute atomic E-state index is 0.110. The predicted octanol–water partition coefficient (Wildman–Crippen LogP) is 2.81. The van der Waals surface area contributed by atoms with Gasteiger partial charge in [-0.05, 0) is 29.7 Å². The van der Waals surface area contributed by atoms with E-state index in [1.807, 2.05) is 32.0 Å². The van der Waals surface area contributed by atoms with Crippen molar-refractivity contribution in [1.82, 2.24) is 10.2 Å². The van der Waals surface area contributed by atoms with Crippen molar-refractivity contribution < 1.29 is 23.5 Å². The van der Waals surface area contributed by atoms with Crippen molar-refractivity contribution >= 4 is 11.8 Å². The van der Waals surface area contributed by atoms with Crippen LogP contribution in [0.3, 0.4) is 0 Å². The molecular formula is C20H24N2O5. The second-order valence-electron chi connectivity index (χ2n) is 6.87. The quantitative estimate of drug-likeness (QED) is 0.771. The Morgan fingerprint density at radius 3 is 2.74 bits per heavy atom. The summed E-state index contributed by atoms with van der Waals surface area (Å²) in [5.41, 5.74) is 1.43. The third kappa shape index (κ3) is 5.03. The van der Waals surface area contributed by atoms with Crippen molar-refractivity contribution in [3.8, 4) is 11.5 Å². The summed E-state index contributed by atoms with van der Waals surface area (Å²) < 4.78 is 15.6. The second kappa shape index (κ2) is 8.62. The Labute approximate surface area is 158 Å². The number of amides is 2. The highest BCUT2D eigenvalue weighted by molar-refractivity contribution is 5.94. The average Bonchev–Trinajstić information content (AvgIpc) is 3.33. The summed E-state index contributed by atoms with van der Waals surface area (Å²) in [5.74, 6) is 1.47. The molecule has 0 bridgehead atoms. The highest BCUT2D eigenvalue weighted by atomic mass is 16.7. The van der Waals surface area contributed by atoms with Crippen LogP contribution in [0.5, 0.6) is 11.5 Å². The topological polar surface area (TPSA) is 81.0 Å². The number of carbonyl (C=O) groups is 2. The van der Waals surface area contributed by atoms with Gasteiger partial charge in [-0.2, -0.15) is 0 Å². The molecule has 0 atom stereocenters. The lowest BCUT2D eigenvalue weighted by molar-refractivity contribution is -0.121. The zero-order chi connectivity index (χ0) is 19.2. The number of nitrogens with zero attached hydrogens (tertiary/aromatic N) is 1. The molecule has 144 valence electrons. The first kappa shape index (κ1) is 18.8. The summed E-state index contributed by atoms with van der Waals surface area (Å²) in [5, 5.41) is 2.88. The molecule has 1 aromatic heterocycles. The fourth-order valence-electron chi connectivity index (χ4n) is 2.86. The Kier molecular flexibility index (Phi) is 6.01. The summed E-state index contributed by atoms with van der Waals surface area (Å²) in [6, 6.07) is 7.21. The van der Waals surface area contributed by atoms with Gasteiger partial charge >= 0.3 is 0 Å². The van der Waals surface area contributed by atoms with Crippen LogP contribution in [0, 0.1) is 5.92 Å². The van der Waals surface area contributed by atoms with Gasteiger partial charge < -0.3 is 24.1 Å². The number of hydrogen-bond donors (Lipinski definition) is 1. The minimum atomic E-state index is -0.124. The molecule has 1 aliphatic heterocycles. The largest absolute Gasteiger partial charge is 0.472 e. The van der Waals surface area contributed by atoms with Gasteiger partial charge in [0.15, 0.2) is 11.5 Å². The van der Waals surface area contributed by atoms with Gasteiger partial charge in [0, 0.05) is 26.1 Å². The third-order valence-corrected chi connectivity index (χ3v) is 4.18. The molecule has 0 spiro atoms. The summed E-state index contributed by atoms with van der Waals surface area (Å²) in [6.45, 7) is 5.64. The third-order valence-electron chi connectivity index (χ3n) is 4.18. The normalized spacial score (nSPS) is 12.3. The van der Waals surface area contributed by atoms with Crippen molar-refractivity contribution in [2.24, 2.45) is 5.92 Å². The van der Waals surface area contributed by atoms with Crippen molar-refractivity contribution in [2.75, 3.05) is 19.9 Å². The number of furan rings is 1. The smallest absolute Gasteiger partial charge is 0.257 e. The Hall–Kier alpha value is -2.96. The Bertz CT molecular complexity index is 786. The van der Waals surface area contributed by atoms with Crippen LogP contribution in [0.4, 0.5) is 0 Å². The van der Waals surface area contributed by atoms with E-state index in [0.29, 0.717) is 42.6 Å². The maximum atomic E-state index is 12.6. The summed E-state index contributed by atoms with van der Waals surface area (Å²) >= 11 is 0. The van der Waals surface area contributed by atoms with E-state index in [1.54, 1.807) is 11.0 Å². The predicted molar refractivity (Wildman–Crippen MR) is 98.5 cm³/mol. The molecule has 0 fully saturated rings. The molecular weight excluding hydrogens is 348 g/mol. The lowest BCUT2D eigenvalue weighted by atomic mass is 10.1. The zero-order valence-corrected chi connectivity index (χ0v) is 15.6. The molecule has 7 heteroatoms. The van der Waals surface area contributed by atoms with Crippen LogP contribution in [0.15, 0.2) is 41.2 Å². The van der Waals surface area contributed by atoms with Crippen molar-refractivity contribution in [2.45, 2.75) is 26.8 Å². The molecule has 1 aromatic carbocycles. The molecule has 2 amide bonds. The van der Waals surface area contributed by atoms with E-state index in [-0.39, 0.29) is 25.0 Å². The van der Waals surface area contributed by atoms with E-state index >= 15 is 0 Å². The number of benzene rings is 1. The number of hydrogen-bond acceptors (Lipinski definition) is 5. The number of fused-ring (bicyclic) bond motifs is 1. The Balaban J connectivity index is 1.50. The summed E-state index contributed by atoms with van der Waals surface area (Å²) in [6.07, 6.45) is 3.13. The van der Waals surface area contributed by atoms with Gasteiger partial charge in [0.1, 0.15) is 6.26 Å². The van der Waals surface area contributed by atoms with Crippen LogP contribution in [0.2, 0.25) is 0 Å². The molecule has 1 aliphatic rings. The highest BCUT2D eigenvalue weighted by Gasteiger charge is 2.19. The molecule has 7 nitrogen and oxygen atoms in total. The van der Waals surface area contributed by atoms with Crippen LogP contribution in [-0.4, -0.2) is 36.6 Å². The number of nitrogens with one attached hydrogen (secondary N) is 1. The maximum Gasteiger partial charge on any atom is 0.257 e. The molecule has 0 saturated heterocycles. The van der Waals surface area contributed by atoms with Gasteiger partial charge in [-0.25, -0.2) is 0 Å². The fourth-order valence-corrected chi connectivity index (χ4v) is 2.86. The Morgan fingerprint density at radius 2 is 2.00 bits per heavy atom. The lowest BCUT2D eigenvalue weighted by Crippen LogP contribution is -2.37. The molecule has 1 N–H and O–H groups in total. The van der Waals surface area contributed by atoms with E-state index in [0.717, 1.165) is 5.56 Å². The summed E-state index contributed by atoms with van der Waals surface area (Å²) in [7, 11) is 0. The number of rotatable bonds is 8. The number of ether oxygens (including phenoxy) is 2. The molecule has 2 aromatic rings. The van der Waals surface area contributed by atoms with Crippen molar-refractivity contribution in [3.05, 3.63) is 47.9 Å². The second-order valence-corrected chi connectivity index (χ2v) is 6.87. The fraction of sp³-hybridized carbons (Fsp3) is 0.400. The molecule has 0 radical (unpaired) electrons. The van der Waals surface area contributed by atoms with Crippen LogP contribution in [-0.2, 0) is 11.3 Å². The van der Waals surface area contributed by atoms with Gasteiger partial charge in [-0.1, -0.05) is 19.9 Å². The maximum absolute atomic E-state index is 12.6. The summed E-state index contributed by atoms with van der Waals surface area (Å²) in [4.78, 5) is 26.5. The van der Waals surface area contributed by atoms with Gasteiger partial charge in [-0.3, -0.25) is 9.59 Å². The van der Waals surface area contributed by atoms with Gasteiger partial charge in [0.25, 0.3) is 5.91 Å². The molecule has 0 unspecified atom stereocenters. The van der Waals surface area contributed by atoms with E-state index in [2.05, 4.69) is 5.32 Å². The molecule has 0 saturated carbocycles. The molecule has 2 heterocycles. The molecule has 0 aliphatic carbocycles. The van der Waals surface area contributed by atoms with Crippen LogP contribution >= 0.6 is 0 Å². The Morgan fingerprint density at radius 1 is 1.19 bits per heavy atom. The average molecular weight is 372 g/mol. The number of carbonyl (C=O) groups excluding carboxylic acids is 2.